The number of carboxylic acid groups (broad SMARTS) is 1. The molecule has 1 atom stereocenters. The van der Waals surface area contributed by atoms with Gasteiger partial charge in [0.15, 0.2) is 11.6 Å². The zero-order chi connectivity index (χ0) is 15.8. The molecule has 1 saturated heterocycles. The van der Waals surface area contributed by atoms with Crippen LogP contribution in [-0.4, -0.2) is 36.9 Å². The van der Waals surface area contributed by atoms with Crippen LogP contribution in [0.15, 0.2) is 17.0 Å². The summed E-state index contributed by atoms with van der Waals surface area (Å²) in [5, 5.41) is 8.92. The molecule has 1 heterocycles. The molecule has 2 rings (SSSR count). The van der Waals surface area contributed by atoms with Gasteiger partial charge in [0.2, 0.25) is 10.0 Å². The molecule has 0 aromatic heterocycles. The normalized spacial score (nSPS) is 20.4. The van der Waals surface area contributed by atoms with Crippen molar-refractivity contribution in [3.63, 3.8) is 0 Å². The van der Waals surface area contributed by atoms with Crippen LogP contribution in [0.2, 0.25) is 0 Å². The fraction of sp³-hybridized carbons (Fsp3) is 0.417. The summed E-state index contributed by atoms with van der Waals surface area (Å²) in [4.78, 5) is 9.93. The van der Waals surface area contributed by atoms with E-state index in [1.807, 2.05) is 0 Å². The van der Waals surface area contributed by atoms with E-state index >= 15 is 0 Å². The number of aliphatic carboxylic acids is 1. The second kappa shape index (κ2) is 5.64. The molecule has 0 spiro atoms. The summed E-state index contributed by atoms with van der Waals surface area (Å²) in [6.45, 7) is -0.319. The van der Waals surface area contributed by atoms with Gasteiger partial charge in [0.05, 0.1) is 5.92 Å². The SMILES string of the molecule is O=C(O)[C@@H]1CCCN(S(=O)(=O)c2cc(F)c(F)cc2F)C1. The molecule has 0 bridgehead atoms. The van der Waals surface area contributed by atoms with Crippen LogP contribution in [0.5, 0.6) is 0 Å². The maximum atomic E-state index is 13.6. The van der Waals surface area contributed by atoms with Gasteiger partial charge in [-0.25, -0.2) is 21.6 Å². The molecule has 0 aliphatic carbocycles. The Morgan fingerprint density at radius 2 is 1.81 bits per heavy atom. The standard InChI is InChI=1S/C12H12F3NO4S/c13-8-4-10(15)11(5-9(8)14)21(19,20)16-3-1-2-7(6-16)12(17)18/h4-5,7H,1-3,6H2,(H,17,18)/t7-/m1/s1. The molecule has 1 N–H and O–H groups in total. The third-order valence-electron chi connectivity index (χ3n) is 3.33. The second-order valence-electron chi connectivity index (χ2n) is 4.74. The van der Waals surface area contributed by atoms with Crippen LogP contribution in [0.25, 0.3) is 0 Å². The Labute approximate surface area is 119 Å². The van der Waals surface area contributed by atoms with E-state index in [4.69, 9.17) is 5.11 Å². The van der Waals surface area contributed by atoms with E-state index in [-0.39, 0.29) is 25.2 Å². The zero-order valence-corrected chi connectivity index (χ0v) is 11.5. The molecule has 0 saturated carbocycles. The molecule has 0 radical (unpaired) electrons. The van der Waals surface area contributed by atoms with Crippen LogP contribution >= 0.6 is 0 Å². The minimum Gasteiger partial charge on any atom is -0.481 e. The van der Waals surface area contributed by atoms with E-state index in [2.05, 4.69) is 0 Å². The number of benzene rings is 1. The molecule has 1 aromatic rings. The van der Waals surface area contributed by atoms with Crippen LogP contribution in [0, 0.1) is 23.4 Å². The highest BCUT2D eigenvalue weighted by Crippen LogP contribution is 2.26. The van der Waals surface area contributed by atoms with Crippen molar-refractivity contribution in [3.8, 4) is 0 Å². The van der Waals surface area contributed by atoms with Gasteiger partial charge in [-0.05, 0) is 18.9 Å². The van der Waals surface area contributed by atoms with Gasteiger partial charge in [0.1, 0.15) is 10.7 Å². The third kappa shape index (κ3) is 3.03. The maximum Gasteiger partial charge on any atom is 0.307 e. The first-order chi connectivity index (χ1) is 9.73. The Hall–Kier alpha value is -1.61. The number of rotatable bonds is 3. The molecule has 116 valence electrons. The fourth-order valence-corrected chi connectivity index (χ4v) is 3.78. The van der Waals surface area contributed by atoms with Gasteiger partial charge in [-0.15, -0.1) is 0 Å². The molecule has 0 unspecified atom stereocenters. The van der Waals surface area contributed by atoms with Crippen LogP contribution in [0.1, 0.15) is 12.8 Å². The molecule has 1 aliphatic heterocycles. The number of carboxylic acids is 1. The predicted molar refractivity (Wildman–Crippen MR) is 65.4 cm³/mol. The third-order valence-corrected chi connectivity index (χ3v) is 5.21. The van der Waals surface area contributed by atoms with Gasteiger partial charge in [-0.3, -0.25) is 4.79 Å². The lowest BCUT2D eigenvalue weighted by molar-refractivity contribution is -0.142. The number of halogens is 3. The van der Waals surface area contributed by atoms with Crippen molar-refractivity contribution >= 4 is 16.0 Å². The average Bonchev–Trinajstić information content (AvgIpc) is 2.42. The molecule has 9 heteroatoms. The van der Waals surface area contributed by atoms with E-state index in [0.717, 1.165) is 4.31 Å². The van der Waals surface area contributed by atoms with Crippen molar-refractivity contribution in [3.05, 3.63) is 29.6 Å². The van der Waals surface area contributed by atoms with Gasteiger partial charge in [0, 0.05) is 19.2 Å². The first-order valence-corrected chi connectivity index (χ1v) is 7.55. The van der Waals surface area contributed by atoms with Crippen molar-refractivity contribution in [1.82, 2.24) is 4.31 Å². The number of nitrogens with zero attached hydrogens (tertiary/aromatic N) is 1. The summed E-state index contributed by atoms with van der Waals surface area (Å²) in [7, 11) is -4.41. The number of carbonyl (C=O) groups is 1. The van der Waals surface area contributed by atoms with Crippen molar-refractivity contribution in [1.29, 1.82) is 0 Å². The molecule has 1 aliphatic rings. The summed E-state index contributed by atoms with van der Waals surface area (Å²) in [5.74, 6) is -6.44. The first kappa shape index (κ1) is 15.8. The average molecular weight is 323 g/mol. The molecule has 1 fully saturated rings. The molecule has 1 aromatic carbocycles. The van der Waals surface area contributed by atoms with Crippen molar-refractivity contribution < 1.29 is 31.5 Å². The number of piperidine rings is 1. The summed E-state index contributed by atoms with van der Waals surface area (Å²) < 4.78 is 64.9. The maximum absolute atomic E-state index is 13.6. The van der Waals surface area contributed by atoms with Gasteiger partial charge >= 0.3 is 5.97 Å². The van der Waals surface area contributed by atoms with Gasteiger partial charge in [-0.1, -0.05) is 0 Å². The summed E-state index contributed by atoms with van der Waals surface area (Å²) in [5.41, 5.74) is 0. The number of hydrogen-bond donors (Lipinski definition) is 1. The monoisotopic (exact) mass is 323 g/mol. The molecule has 0 amide bonds. The molecular weight excluding hydrogens is 311 g/mol. The van der Waals surface area contributed by atoms with E-state index in [1.165, 1.54) is 0 Å². The minimum atomic E-state index is -4.41. The topological polar surface area (TPSA) is 74.7 Å². The van der Waals surface area contributed by atoms with E-state index in [9.17, 15) is 26.4 Å². The lowest BCUT2D eigenvalue weighted by Gasteiger charge is -2.29. The number of hydrogen-bond acceptors (Lipinski definition) is 3. The molecule has 21 heavy (non-hydrogen) atoms. The smallest absolute Gasteiger partial charge is 0.307 e. The molecular formula is C12H12F3NO4S. The fourth-order valence-electron chi connectivity index (χ4n) is 2.20. The van der Waals surface area contributed by atoms with Gasteiger partial charge in [0.25, 0.3) is 0 Å². The summed E-state index contributed by atoms with van der Waals surface area (Å²) >= 11 is 0. The lowest BCUT2D eigenvalue weighted by Crippen LogP contribution is -2.42. The van der Waals surface area contributed by atoms with Crippen molar-refractivity contribution in [2.45, 2.75) is 17.7 Å². The van der Waals surface area contributed by atoms with Gasteiger partial charge < -0.3 is 5.11 Å². The lowest BCUT2D eigenvalue weighted by atomic mass is 10.0. The summed E-state index contributed by atoms with van der Waals surface area (Å²) in [6, 6.07) is 0.422. The number of sulfonamides is 1. The first-order valence-electron chi connectivity index (χ1n) is 6.11. The highest BCUT2D eigenvalue weighted by atomic mass is 32.2. The minimum absolute atomic E-state index is 0.00451. The van der Waals surface area contributed by atoms with Crippen molar-refractivity contribution in [2.75, 3.05) is 13.1 Å². The Kier molecular flexibility index (Phi) is 4.24. The zero-order valence-electron chi connectivity index (χ0n) is 10.7. The highest BCUT2D eigenvalue weighted by Gasteiger charge is 2.35. The Morgan fingerprint density at radius 3 is 2.43 bits per heavy atom. The second-order valence-corrected chi connectivity index (χ2v) is 6.64. The Balaban J connectivity index is 2.38. The van der Waals surface area contributed by atoms with Gasteiger partial charge in [-0.2, -0.15) is 4.31 Å². The largest absolute Gasteiger partial charge is 0.481 e. The molecule has 5 nitrogen and oxygen atoms in total. The van der Waals surface area contributed by atoms with E-state index in [0.29, 0.717) is 12.8 Å². The van der Waals surface area contributed by atoms with Crippen LogP contribution < -0.4 is 0 Å². The Bertz CT molecular complexity index is 677. The van der Waals surface area contributed by atoms with Crippen LogP contribution in [-0.2, 0) is 14.8 Å². The quantitative estimate of drug-likeness (QED) is 0.857. The van der Waals surface area contributed by atoms with E-state index < -0.39 is 44.3 Å². The summed E-state index contributed by atoms with van der Waals surface area (Å²) in [6.07, 6.45) is 0.600. The predicted octanol–water partition coefficient (Wildman–Crippen LogP) is 1.59. The van der Waals surface area contributed by atoms with Crippen LogP contribution in [0.4, 0.5) is 13.2 Å². The van der Waals surface area contributed by atoms with Crippen molar-refractivity contribution in [2.24, 2.45) is 5.92 Å². The van der Waals surface area contributed by atoms with E-state index in [1.54, 1.807) is 0 Å². The highest BCUT2D eigenvalue weighted by molar-refractivity contribution is 7.89. The Morgan fingerprint density at radius 1 is 1.19 bits per heavy atom. The van der Waals surface area contributed by atoms with Crippen LogP contribution in [0.3, 0.4) is 0 Å².